The van der Waals surface area contributed by atoms with Gasteiger partial charge in [-0.3, -0.25) is 0 Å². The fourth-order valence-corrected chi connectivity index (χ4v) is 2.34. The summed E-state index contributed by atoms with van der Waals surface area (Å²) in [5, 5.41) is 3.57. The van der Waals surface area contributed by atoms with Gasteiger partial charge in [-0.1, -0.05) is 31.9 Å². The van der Waals surface area contributed by atoms with Crippen LogP contribution < -0.4 is 5.32 Å². The van der Waals surface area contributed by atoms with Gasteiger partial charge in [-0.25, -0.2) is 9.37 Å². The molecule has 0 spiro atoms. The van der Waals surface area contributed by atoms with E-state index in [1.165, 1.54) is 12.1 Å². The van der Waals surface area contributed by atoms with Gasteiger partial charge in [0.2, 0.25) is 0 Å². The average Bonchev–Trinajstić information content (AvgIpc) is 2.98. The number of nitrogens with one attached hydrogen (secondary N) is 2. The zero-order chi connectivity index (χ0) is 14.4. The molecule has 20 heavy (non-hydrogen) atoms. The number of aromatic nitrogens is 2. The smallest absolute Gasteiger partial charge is 0.123 e. The minimum absolute atomic E-state index is 0.136. The summed E-state index contributed by atoms with van der Waals surface area (Å²) in [7, 11) is 0. The Bertz CT molecular complexity index is 493. The van der Waals surface area contributed by atoms with Crippen molar-refractivity contribution in [1.29, 1.82) is 0 Å². The molecule has 4 heteroatoms. The Morgan fingerprint density at radius 3 is 2.65 bits per heavy atom. The van der Waals surface area contributed by atoms with Crippen LogP contribution in [0.25, 0.3) is 0 Å². The standard InChI is InChI=1S/C16H22FN3/c1-3-4-5-15(13-6-8-14(17)9-7-13)20-12(2)16-18-10-11-19-16/h6-12,15,20H,3-5H2,1-2H3,(H,18,19). The average molecular weight is 275 g/mol. The first-order valence-electron chi connectivity index (χ1n) is 7.21. The summed E-state index contributed by atoms with van der Waals surface area (Å²) in [6.45, 7) is 4.26. The van der Waals surface area contributed by atoms with Crippen molar-refractivity contribution in [3.05, 3.63) is 53.9 Å². The molecule has 1 aromatic carbocycles. The zero-order valence-corrected chi connectivity index (χ0v) is 12.1. The molecule has 2 aromatic rings. The SMILES string of the molecule is CCCCC(NC(C)c1ncc[nH]1)c1ccc(F)cc1. The number of aromatic amines is 1. The van der Waals surface area contributed by atoms with Gasteiger partial charge in [0.25, 0.3) is 0 Å². The van der Waals surface area contributed by atoms with Crippen LogP contribution in [0, 0.1) is 5.82 Å². The topological polar surface area (TPSA) is 40.7 Å². The van der Waals surface area contributed by atoms with E-state index in [2.05, 4.69) is 29.1 Å². The molecule has 3 nitrogen and oxygen atoms in total. The highest BCUT2D eigenvalue weighted by atomic mass is 19.1. The lowest BCUT2D eigenvalue weighted by molar-refractivity contribution is 0.421. The quantitative estimate of drug-likeness (QED) is 0.797. The molecule has 2 rings (SSSR count). The van der Waals surface area contributed by atoms with Crippen LogP contribution in [0.5, 0.6) is 0 Å². The second kappa shape index (κ2) is 7.20. The van der Waals surface area contributed by atoms with Crippen molar-refractivity contribution < 1.29 is 4.39 Å². The van der Waals surface area contributed by atoms with Crippen LogP contribution in [0.1, 0.15) is 56.6 Å². The Kier molecular flexibility index (Phi) is 5.30. The first kappa shape index (κ1) is 14.7. The molecule has 0 fully saturated rings. The van der Waals surface area contributed by atoms with Crippen molar-refractivity contribution in [3.63, 3.8) is 0 Å². The van der Waals surface area contributed by atoms with Crippen LogP contribution in [0.4, 0.5) is 4.39 Å². The molecule has 1 heterocycles. The van der Waals surface area contributed by atoms with Gasteiger partial charge in [0.05, 0.1) is 6.04 Å². The van der Waals surface area contributed by atoms with Crippen LogP contribution in [-0.2, 0) is 0 Å². The molecule has 0 amide bonds. The maximum Gasteiger partial charge on any atom is 0.123 e. The third-order valence-electron chi connectivity index (χ3n) is 3.50. The molecule has 108 valence electrons. The fourth-order valence-electron chi connectivity index (χ4n) is 2.34. The normalized spacial score (nSPS) is 14.2. The predicted octanol–water partition coefficient (Wildman–Crippen LogP) is 4.13. The molecule has 0 saturated heterocycles. The van der Waals surface area contributed by atoms with Gasteiger partial charge in [0, 0.05) is 18.4 Å². The van der Waals surface area contributed by atoms with Gasteiger partial charge >= 0.3 is 0 Å². The number of benzene rings is 1. The number of H-pyrrole nitrogens is 1. The fraction of sp³-hybridized carbons (Fsp3) is 0.438. The Morgan fingerprint density at radius 2 is 2.05 bits per heavy atom. The summed E-state index contributed by atoms with van der Waals surface area (Å²) >= 11 is 0. The molecule has 2 N–H and O–H groups in total. The highest BCUT2D eigenvalue weighted by Gasteiger charge is 2.16. The van der Waals surface area contributed by atoms with E-state index in [1.807, 2.05) is 18.3 Å². The third kappa shape index (κ3) is 3.90. The minimum atomic E-state index is -0.193. The first-order valence-corrected chi connectivity index (χ1v) is 7.21. The van der Waals surface area contributed by atoms with Crippen molar-refractivity contribution in [2.45, 2.75) is 45.2 Å². The molecule has 0 aliphatic rings. The number of hydrogen-bond acceptors (Lipinski definition) is 2. The van der Waals surface area contributed by atoms with Crippen LogP contribution in [0.15, 0.2) is 36.7 Å². The van der Waals surface area contributed by atoms with E-state index < -0.39 is 0 Å². The van der Waals surface area contributed by atoms with Gasteiger partial charge in [-0.05, 0) is 31.0 Å². The first-order chi connectivity index (χ1) is 9.70. The highest BCUT2D eigenvalue weighted by molar-refractivity contribution is 5.20. The molecule has 1 aromatic heterocycles. The molecule has 0 saturated carbocycles. The van der Waals surface area contributed by atoms with Crippen molar-refractivity contribution in [2.75, 3.05) is 0 Å². The van der Waals surface area contributed by atoms with Crippen LogP contribution in [0.3, 0.4) is 0 Å². The second-order valence-electron chi connectivity index (χ2n) is 5.11. The van der Waals surface area contributed by atoms with E-state index in [4.69, 9.17) is 0 Å². The summed E-state index contributed by atoms with van der Waals surface area (Å²) < 4.78 is 13.1. The Balaban J connectivity index is 2.08. The number of imidazole rings is 1. The third-order valence-corrected chi connectivity index (χ3v) is 3.50. The van der Waals surface area contributed by atoms with Gasteiger partial charge in [-0.2, -0.15) is 0 Å². The van der Waals surface area contributed by atoms with Gasteiger partial charge in [0.15, 0.2) is 0 Å². The summed E-state index contributed by atoms with van der Waals surface area (Å²) in [5.74, 6) is 0.732. The molecule has 0 radical (unpaired) electrons. The lowest BCUT2D eigenvalue weighted by Gasteiger charge is -2.23. The van der Waals surface area contributed by atoms with Crippen LogP contribution in [-0.4, -0.2) is 9.97 Å². The van der Waals surface area contributed by atoms with Gasteiger partial charge in [-0.15, -0.1) is 0 Å². The predicted molar refractivity (Wildman–Crippen MR) is 78.8 cm³/mol. The summed E-state index contributed by atoms with van der Waals surface area (Å²) in [6, 6.07) is 7.11. The van der Waals surface area contributed by atoms with Crippen molar-refractivity contribution in [3.8, 4) is 0 Å². The molecule has 2 unspecified atom stereocenters. The minimum Gasteiger partial charge on any atom is -0.347 e. The van der Waals surface area contributed by atoms with E-state index in [-0.39, 0.29) is 17.9 Å². The van der Waals surface area contributed by atoms with Crippen LogP contribution in [0.2, 0.25) is 0 Å². The summed E-state index contributed by atoms with van der Waals surface area (Å²) in [4.78, 5) is 7.40. The zero-order valence-electron chi connectivity index (χ0n) is 12.1. The van der Waals surface area contributed by atoms with E-state index in [1.54, 1.807) is 6.20 Å². The number of halogens is 1. The van der Waals surface area contributed by atoms with Crippen LogP contribution >= 0.6 is 0 Å². The number of unbranched alkanes of at least 4 members (excludes halogenated alkanes) is 1. The van der Waals surface area contributed by atoms with Crippen molar-refractivity contribution in [2.24, 2.45) is 0 Å². The lowest BCUT2D eigenvalue weighted by Crippen LogP contribution is -2.25. The molecule has 2 atom stereocenters. The van der Waals surface area contributed by atoms with E-state index in [0.717, 1.165) is 30.7 Å². The Morgan fingerprint density at radius 1 is 1.30 bits per heavy atom. The maximum atomic E-state index is 13.1. The molecular weight excluding hydrogens is 253 g/mol. The Hall–Kier alpha value is -1.68. The lowest BCUT2D eigenvalue weighted by atomic mass is 10.00. The number of rotatable bonds is 7. The highest BCUT2D eigenvalue weighted by Crippen LogP contribution is 2.23. The maximum absolute atomic E-state index is 13.1. The molecule has 0 aliphatic carbocycles. The summed E-state index contributed by atoms with van der Waals surface area (Å²) in [6.07, 6.45) is 6.90. The van der Waals surface area contributed by atoms with E-state index in [9.17, 15) is 4.39 Å². The monoisotopic (exact) mass is 275 g/mol. The Labute approximate surface area is 119 Å². The second-order valence-corrected chi connectivity index (χ2v) is 5.11. The van der Waals surface area contributed by atoms with Crippen molar-refractivity contribution in [1.82, 2.24) is 15.3 Å². The molecule has 0 aliphatic heterocycles. The number of nitrogens with zero attached hydrogens (tertiary/aromatic N) is 1. The van der Waals surface area contributed by atoms with E-state index in [0.29, 0.717) is 0 Å². The van der Waals surface area contributed by atoms with Crippen molar-refractivity contribution >= 4 is 0 Å². The molecule has 0 bridgehead atoms. The molecular formula is C16H22FN3. The summed E-state index contributed by atoms with van der Waals surface area (Å²) in [5.41, 5.74) is 1.12. The van der Waals surface area contributed by atoms with E-state index >= 15 is 0 Å². The number of hydrogen-bond donors (Lipinski definition) is 2. The van der Waals surface area contributed by atoms with Gasteiger partial charge in [0.1, 0.15) is 11.6 Å². The largest absolute Gasteiger partial charge is 0.347 e. The van der Waals surface area contributed by atoms with Gasteiger partial charge < -0.3 is 10.3 Å².